The molecule has 0 fully saturated rings. The molecular formula is C17H16O2. The van der Waals surface area contributed by atoms with Crippen molar-refractivity contribution in [3.05, 3.63) is 77.4 Å². The number of carbonyl (C=O) groups excluding carboxylic acids is 1. The fourth-order valence-corrected chi connectivity index (χ4v) is 1.70. The van der Waals surface area contributed by atoms with Crippen LogP contribution in [0.5, 0.6) is 0 Å². The Labute approximate surface area is 113 Å². The van der Waals surface area contributed by atoms with Crippen LogP contribution >= 0.6 is 0 Å². The summed E-state index contributed by atoms with van der Waals surface area (Å²) in [4.78, 5) is 11.8. The van der Waals surface area contributed by atoms with Gasteiger partial charge >= 0.3 is 5.97 Å². The van der Waals surface area contributed by atoms with Crippen molar-refractivity contribution in [2.24, 2.45) is 0 Å². The first-order valence-corrected chi connectivity index (χ1v) is 6.20. The van der Waals surface area contributed by atoms with Crippen LogP contribution in [0.3, 0.4) is 0 Å². The van der Waals surface area contributed by atoms with Gasteiger partial charge in [-0.3, -0.25) is 0 Å². The Morgan fingerprint density at radius 2 is 1.58 bits per heavy atom. The van der Waals surface area contributed by atoms with Crippen molar-refractivity contribution in [1.82, 2.24) is 0 Å². The molecule has 2 nitrogen and oxygen atoms in total. The standard InChI is InChI=1S/C17H16O2/c1-14(12-15-8-4-2-5-9-15)17(18)19-13-16-10-6-3-7-11-16/h2-12H,13H2,1H3/b14-12+. The molecule has 0 atom stereocenters. The van der Waals surface area contributed by atoms with Gasteiger partial charge in [0.2, 0.25) is 0 Å². The Balaban J connectivity index is 1.95. The van der Waals surface area contributed by atoms with E-state index in [0.29, 0.717) is 12.2 Å². The molecule has 0 amide bonds. The molecule has 0 aliphatic carbocycles. The van der Waals surface area contributed by atoms with Crippen molar-refractivity contribution in [2.75, 3.05) is 0 Å². The number of rotatable bonds is 4. The van der Waals surface area contributed by atoms with Gasteiger partial charge in [0, 0.05) is 5.57 Å². The van der Waals surface area contributed by atoms with Crippen LogP contribution in [-0.2, 0) is 16.1 Å². The van der Waals surface area contributed by atoms with Crippen LogP contribution < -0.4 is 0 Å². The van der Waals surface area contributed by atoms with Crippen molar-refractivity contribution in [2.45, 2.75) is 13.5 Å². The lowest BCUT2D eigenvalue weighted by molar-refractivity contribution is -0.140. The molecular weight excluding hydrogens is 236 g/mol. The topological polar surface area (TPSA) is 26.3 Å². The molecule has 0 N–H and O–H groups in total. The third-order valence-corrected chi connectivity index (χ3v) is 2.72. The van der Waals surface area contributed by atoms with Gasteiger partial charge in [-0.15, -0.1) is 0 Å². The van der Waals surface area contributed by atoms with E-state index in [-0.39, 0.29) is 5.97 Å². The SMILES string of the molecule is C/C(=C\c1ccccc1)C(=O)OCc1ccccc1. The van der Waals surface area contributed by atoms with Gasteiger partial charge in [-0.2, -0.15) is 0 Å². The van der Waals surface area contributed by atoms with E-state index in [4.69, 9.17) is 4.74 Å². The molecule has 0 aliphatic rings. The highest BCUT2D eigenvalue weighted by molar-refractivity contribution is 5.92. The maximum absolute atomic E-state index is 11.8. The number of hydrogen-bond acceptors (Lipinski definition) is 2. The van der Waals surface area contributed by atoms with E-state index >= 15 is 0 Å². The number of benzene rings is 2. The van der Waals surface area contributed by atoms with Gasteiger partial charge in [0.15, 0.2) is 0 Å². The Morgan fingerprint density at radius 3 is 2.21 bits per heavy atom. The summed E-state index contributed by atoms with van der Waals surface area (Å²) >= 11 is 0. The molecule has 0 saturated heterocycles. The minimum atomic E-state index is -0.285. The normalized spacial score (nSPS) is 11.1. The third kappa shape index (κ3) is 4.11. The quantitative estimate of drug-likeness (QED) is 0.610. The highest BCUT2D eigenvalue weighted by atomic mass is 16.5. The van der Waals surface area contributed by atoms with Crippen LogP contribution in [0.25, 0.3) is 6.08 Å². The molecule has 2 aromatic rings. The van der Waals surface area contributed by atoms with E-state index in [1.165, 1.54) is 0 Å². The molecule has 2 aromatic carbocycles. The first-order valence-electron chi connectivity index (χ1n) is 6.20. The summed E-state index contributed by atoms with van der Waals surface area (Å²) in [5, 5.41) is 0. The molecule has 0 bridgehead atoms. The molecule has 0 unspecified atom stereocenters. The second kappa shape index (κ2) is 6.55. The first kappa shape index (κ1) is 13.1. The van der Waals surface area contributed by atoms with Gasteiger partial charge < -0.3 is 4.74 Å². The molecule has 2 heteroatoms. The van der Waals surface area contributed by atoms with E-state index in [1.807, 2.05) is 66.7 Å². The molecule has 0 radical (unpaired) electrons. The maximum Gasteiger partial charge on any atom is 0.334 e. The Bertz CT molecular complexity index is 556. The summed E-state index contributed by atoms with van der Waals surface area (Å²) in [5.74, 6) is -0.285. The molecule has 0 aromatic heterocycles. The number of hydrogen-bond donors (Lipinski definition) is 0. The van der Waals surface area contributed by atoms with Crippen LogP contribution in [0.15, 0.2) is 66.2 Å². The second-order valence-corrected chi connectivity index (χ2v) is 4.30. The summed E-state index contributed by atoms with van der Waals surface area (Å²) in [6, 6.07) is 19.4. The van der Waals surface area contributed by atoms with Crippen molar-refractivity contribution < 1.29 is 9.53 Å². The average Bonchev–Trinajstić information content (AvgIpc) is 2.47. The van der Waals surface area contributed by atoms with Crippen molar-refractivity contribution in [3.63, 3.8) is 0 Å². The van der Waals surface area contributed by atoms with Gasteiger partial charge in [0.05, 0.1) is 0 Å². The van der Waals surface area contributed by atoms with Gasteiger partial charge in [-0.05, 0) is 24.1 Å². The number of ether oxygens (including phenoxy) is 1. The largest absolute Gasteiger partial charge is 0.457 e. The van der Waals surface area contributed by atoms with E-state index < -0.39 is 0 Å². The lowest BCUT2D eigenvalue weighted by atomic mass is 10.1. The maximum atomic E-state index is 11.8. The van der Waals surface area contributed by atoms with Crippen LogP contribution in [0, 0.1) is 0 Å². The van der Waals surface area contributed by atoms with Gasteiger partial charge in [-0.1, -0.05) is 60.7 Å². The second-order valence-electron chi connectivity index (χ2n) is 4.30. The van der Waals surface area contributed by atoms with Gasteiger partial charge in [0.1, 0.15) is 6.61 Å². The lowest BCUT2D eigenvalue weighted by Gasteiger charge is -2.05. The molecule has 0 aliphatic heterocycles. The van der Waals surface area contributed by atoms with Crippen LogP contribution in [0.2, 0.25) is 0 Å². The van der Waals surface area contributed by atoms with Crippen LogP contribution in [0.1, 0.15) is 18.1 Å². The zero-order chi connectivity index (χ0) is 13.5. The minimum Gasteiger partial charge on any atom is -0.457 e. The number of carbonyl (C=O) groups is 1. The Kier molecular flexibility index (Phi) is 4.51. The predicted octanol–water partition coefficient (Wildman–Crippen LogP) is 3.83. The zero-order valence-electron chi connectivity index (χ0n) is 10.9. The molecule has 0 spiro atoms. The zero-order valence-corrected chi connectivity index (χ0v) is 10.9. The monoisotopic (exact) mass is 252 g/mol. The van der Waals surface area contributed by atoms with Gasteiger partial charge in [0.25, 0.3) is 0 Å². The van der Waals surface area contributed by atoms with E-state index in [0.717, 1.165) is 11.1 Å². The third-order valence-electron chi connectivity index (χ3n) is 2.72. The van der Waals surface area contributed by atoms with Crippen LogP contribution in [0.4, 0.5) is 0 Å². The smallest absolute Gasteiger partial charge is 0.334 e. The fourth-order valence-electron chi connectivity index (χ4n) is 1.70. The molecule has 19 heavy (non-hydrogen) atoms. The van der Waals surface area contributed by atoms with Gasteiger partial charge in [-0.25, -0.2) is 4.79 Å². The van der Waals surface area contributed by atoms with Crippen molar-refractivity contribution in [3.8, 4) is 0 Å². The highest BCUT2D eigenvalue weighted by Crippen LogP contribution is 2.09. The first-order chi connectivity index (χ1) is 9.25. The summed E-state index contributed by atoms with van der Waals surface area (Å²) in [5.41, 5.74) is 2.59. The Morgan fingerprint density at radius 1 is 1.00 bits per heavy atom. The van der Waals surface area contributed by atoms with E-state index in [9.17, 15) is 4.79 Å². The summed E-state index contributed by atoms with van der Waals surface area (Å²) in [7, 11) is 0. The summed E-state index contributed by atoms with van der Waals surface area (Å²) < 4.78 is 5.25. The molecule has 0 saturated carbocycles. The summed E-state index contributed by atoms with van der Waals surface area (Å²) in [6.07, 6.45) is 1.83. The van der Waals surface area contributed by atoms with Crippen molar-refractivity contribution >= 4 is 12.0 Å². The molecule has 2 rings (SSSR count). The Hall–Kier alpha value is -2.35. The summed E-state index contributed by atoms with van der Waals surface area (Å²) in [6.45, 7) is 2.07. The lowest BCUT2D eigenvalue weighted by Crippen LogP contribution is -2.05. The van der Waals surface area contributed by atoms with E-state index in [1.54, 1.807) is 6.92 Å². The molecule has 0 heterocycles. The van der Waals surface area contributed by atoms with E-state index in [2.05, 4.69) is 0 Å². The minimum absolute atomic E-state index is 0.285. The van der Waals surface area contributed by atoms with Crippen LogP contribution in [-0.4, -0.2) is 5.97 Å². The number of esters is 1. The average molecular weight is 252 g/mol. The van der Waals surface area contributed by atoms with Crippen molar-refractivity contribution in [1.29, 1.82) is 0 Å². The fraction of sp³-hybridized carbons (Fsp3) is 0.118. The molecule has 96 valence electrons. The highest BCUT2D eigenvalue weighted by Gasteiger charge is 2.05. The predicted molar refractivity (Wildman–Crippen MR) is 76.3 cm³/mol.